The van der Waals surface area contributed by atoms with Crippen LogP contribution in [0.5, 0.6) is 5.75 Å². The zero-order valence-electron chi connectivity index (χ0n) is 17.5. The minimum Gasteiger partial charge on any atom is -0.493 e. The maximum Gasteiger partial charge on any atom is 0.338 e. The summed E-state index contributed by atoms with van der Waals surface area (Å²) in [6, 6.07) is 6.63. The van der Waals surface area contributed by atoms with E-state index in [1.165, 1.54) is 0 Å². The second kappa shape index (κ2) is 10.2. The van der Waals surface area contributed by atoms with Crippen LogP contribution in [-0.4, -0.2) is 24.7 Å². The smallest absolute Gasteiger partial charge is 0.338 e. The van der Waals surface area contributed by atoms with Gasteiger partial charge in [-0.05, 0) is 50.3 Å². The van der Waals surface area contributed by atoms with Crippen molar-refractivity contribution < 1.29 is 19.1 Å². The number of benzene rings is 1. The second-order valence-corrected chi connectivity index (χ2v) is 7.76. The van der Waals surface area contributed by atoms with Crippen LogP contribution in [-0.2, 0) is 9.53 Å². The number of allylic oxidation sites excluding steroid dienone is 1. The van der Waals surface area contributed by atoms with Crippen LogP contribution in [0, 0.1) is 5.92 Å². The molecule has 0 saturated carbocycles. The molecule has 1 aromatic carbocycles. The van der Waals surface area contributed by atoms with E-state index in [0.717, 1.165) is 24.2 Å². The molecule has 6 heteroatoms. The molecule has 2 N–H and O–H groups in total. The summed E-state index contributed by atoms with van der Waals surface area (Å²) in [5.74, 6) is 0.794. The molecule has 0 saturated heterocycles. The SMILES string of the molecule is CCCCC1=C(C(=O)OC(C)C)C(c2ccc(OCC(C)C)cc2)NC(=O)N1. The molecule has 0 radical (unpaired) electrons. The Hall–Kier alpha value is -2.50. The summed E-state index contributed by atoms with van der Waals surface area (Å²) in [7, 11) is 0. The van der Waals surface area contributed by atoms with Crippen molar-refractivity contribution in [3.05, 3.63) is 41.1 Å². The van der Waals surface area contributed by atoms with Gasteiger partial charge < -0.3 is 20.1 Å². The monoisotopic (exact) mass is 388 g/mol. The molecular formula is C22H32N2O4. The van der Waals surface area contributed by atoms with Gasteiger partial charge in [-0.15, -0.1) is 0 Å². The van der Waals surface area contributed by atoms with Crippen molar-refractivity contribution in [1.82, 2.24) is 10.6 Å². The van der Waals surface area contributed by atoms with Crippen molar-refractivity contribution in [1.29, 1.82) is 0 Å². The third kappa shape index (κ3) is 6.01. The summed E-state index contributed by atoms with van der Waals surface area (Å²) in [4.78, 5) is 25.0. The maximum absolute atomic E-state index is 12.8. The highest BCUT2D eigenvalue weighted by molar-refractivity contribution is 5.95. The van der Waals surface area contributed by atoms with Crippen molar-refractivity contribution in [2.45, 2.75) is 66.0 Å². The number of urea groups is 1. The quantitative estimate of drug-likeness (QED) is 0.612. The fraction of sp³-hybridized carbons (Fsp3) is 0.545. The van der Waals surface area contributed by atoms with E-state index in [1.54, 1.807) is 0 Å². The Morgan fingerprint density at radius 2 is 1.82 bits per heavy atom. The van der Waals surface area contributed by atoms with E-state index in [4.69, 9.17) is 9.47 Å². The summed E-state index contributed by atoms with van der Waals surface area (Å²) in [6.07, 6.45) is 2.23. The van der Waals surface area contributed by atoms with Gasteiger partial charge >= 0.3 is 12.0 Å². The van der Waals surface area contributed by atoms with Gasteiger partial charge in [0.15, 0.2) is 0 Å². The highest BCUT2D eigenvalue weighted by Gasteiger charge is 2.33. The summed E-state index contributed by atoms with van der Waals surface area (Å²) in [5.41, 5.74) is 1.93. The van der Waals surface area contributed by atoms with Gasteiger partial charge in [0.05, 0.1) is 24.3 Å². The number of hydrogen-bond donors (Lipinski definition) is 2. The molecule has 2 amide bonds. The Labute approximate surface area is 167 Å². The maximum atomic E-state index is 12.8. The van der Waals surface area contributed by atoms with Crippen molar-refractivity contribution in [2.75, 3.05) is 6.61 Å². The molecule has 0 spiro atoms. The number of carbonyl (C=O) groups is 2. The Bertz CT molecular complexity index is 708. The number of amides is 2. The number of hydrogen-bond acceptors (Lipinski definition) is 4. The van der Waals surface area contributed by atoms with Crippen molar-refractivity contribution in [2.24, 2.45) is 5.92 Å². The molecule has 2 rings (SSSR count). The number of nitrogens with one attached hydrogen (secondary N) is 2. The molecule has 6 nitrogen and oxygen atoms in total. The zero-order valence-corrected chi connectivity index (χ0v) is 17.5. The summed E-state index contributed by atoms with van der Waals surface area (Å²) < 4.78 is 11.2. The third-order valence-electron chi connectivity index (χ3n) is 4.29. The molecule has 28 heavy (non-hydrogen) atoms. The minimum atomic E-state index is -0.550. The molecule has 1 aliphatic rings. The van der Waals surface area contributed by atoms with Crippen LogP contribution in [0.15, 0.2) is 35.5 Å². The number of carbonyl (C=O) groups excluding carboxylic acids is 2. The van der Waals surface area contributed by atoms with E-state index >= 15 is 0 Å². The van der Waals surface area contributed by atoms with Gasteiger partial charge in [0.1, 0.15) is 5.75 Å². The van der Waals surface area contributed by atoms with Crippen LogP contribution in [0.1, 0.15) is 65.5 Å². The lowest BCUT2D eigenvalue weighted by Gasteiger charge is -2.30. The van der Waals surface area contributed by atoms with E-state index in [1.807, 2.05) is 38.1 Å². The lowest BCUT2D eigenvalue weighted by molar-refractivity contribution is -0.143. The molecule has 0 fully saturated rings. The van der Waals surface area contributed by atoms with E-state index in [2.05, 4.69) is 31.4 Å². The number of ether oxygens (including phenoxy) is 2. The number of unbranched alkanes of at least 4 members (excludes halogenated alkanes) is 1. The van der Waals surface area contributed by atoms with Crippen LogP contribution >= 0.6 is 0 Å². The zero-order chi connectivity index (χ0) is 20.7. The average molecular weight is 389 g/mol. The largest absolute Gasteiger partial charge is 0.493 e. The minimum absolute atomic E-state index is 0.238. The first-order valence-electron chi connectivity index (χ1n) is 10.1. The molecule has 1 unspecified atom stereocenters. The van der Waals surface area contributed by atoms with Crippen LogP contribution in [0.25, 0.3) is 0 Å². The number of esters is 1. The Balaban J connectivity index is 2.34. The molecule has 0 aliphatic carbocycles. The van der Waals surface area contributed by atoms with Gasteiger partial charge in [0, 0.05) is 5.70 Å². The molecule has 154 valence electrons. The summed E-state index contributed by atoms with van der Waals surface area (Å²) in [5, 5.41) is 5.67. The van der Waals surface area contributed by atoms with Crippen molar-refractivity contribution >= 4 is 12.0 Å². The van der Waals surface area contributed by atoms with Crippen LogP contribution in [0.2, 0.25) is 0 Å². The summed E-state index contributed by atoms with van der Waals surface area (Å²) in [6.45, 7) is 10.5. The van der Waals surface area contributed by atoms with Gasteiger partial charge in [-0.25, -0.2) is 9.59 Å². The Morgan fingerprint density at radius 3 is 2.39 bits per heavy atom. The summed E-state index contributed by atoms with van der Waals surface area (Å²) >= 11 is 0. The van der Waals surface area contributed by atoms with Gasteiger partial charge in [-0.2, -0.15) is 0 Å². The lowest BCUT2D eigenvalue weighted by atomic mass is 9.93. The van der Waals surface area contributed by atoms with Crippen LogP contribution in [0.3, 0.4) is 0 Å². The molecule has 0 aromatic heterocycles. The fourth-order valence-electron chi connectivity index (χ4n) is 2.96. The molecule has 1 aliphatic heterocycles. The molecule has 1 aromatic rings. The van der Waals surface area contributed by atoms with Crippen LogP contribution in [0.4, 0.5) is 4.79 Å². The molecular weight excluding hydrogens is 356 g/mol. The normalized spacial score (nSPS) is 16.8. The molecule has 0 bridgehead atoms. The third-order valence-corrected chi connectivity index (χ3v) is 4.29. The molecule has 1 atom stereocenters. The van der Waals surface area contributed by atoms with Crippen LogP contribution < -0.4 is 15.4 Å². The molecule has 1 heterocycles. The Morgan fingerprint density at radius 1 is 1.14 bits per heavy atom. The first kappa shape index (κ1) is 21.8. The predicted molar refractivity (Wildman–Crippen MR) is 109 cm³/mol. The second-order valence-electron chi connectivity index (χ2n) is 7.76. The lowest BCUT2D eigenvalue weighted by Crippen LogP contribution is -2.46. The predicted octanol–water partition coefficient (Wildman–Crippen LogP) is 4.47. The van der Waals surface area contributed by atoms with E-state index in [-0.39, 0.29) is 12.1 Å². The number of rotatable bonds is 9. The van der Waals surface area contributed by atoms with Crippen molar-refractivity contribution in [3.63, 3.8) is 0 Å². The van der Waals surface area contributed by atoms with E-state index in [0.29, 0.717) is 30.2 Å². The van der Waals surface area contributed by atoms with Gasteiger partial charge in [-0.1, -0.05) is 39.3 Å². The fourth-order valence-corrected chi connectivity index (χ4v) is 2.96. The van der Waals surface area contributed by atoms with Gasteiger partial charge in [-0.3, -0.25) is 0 Å². The standard InChI is InChI=1S/C22H32N2O4/c1-6-7-8-18-19(21(25)28-15(4)5)20(24-22(26)23-18)16-9-11-17(12-10-16)27-13-14(2)3/h9-12,14-15,20H,6-8,13H2,1-5H3,(H2,23,24,26). The van der Waals surface area contributed by atoms with Gasteiger partial charge in [0.2, 0.25) is 0 Å². The highest BCUT2D eigenvalue weighted by Crippen LogP contribution is 2.31. The first-order chi connectivity index (χ1) is 13.3. The topological polar surface area (TPSA) is 76.7 Å². The average Bonchev–Trinajstić information content (AvgIpc) is 2.63. The van der Waals surface area contributed by atoms with Crippen molar-refractivity contribution in [3.8, 4) is 5.75 Å². The van der Waals surface area contributed by atoms with E-state index in [9.17, 15) is 9.59 Å². The van der Waals surface area contributed by atoms with Gasteiger partial charge in [0.25, 0.3) is 0 Å². The Kier molecular flexibility index (Phi) is 7.91. The first-order valence-corrected chi connectivity index (χ1v) is 10.1. The highest BCUT2D eigenvalue weighted by atomic mass is 16.5. The van der Waals surface area contributed by atoms with E-state index < -0.39 is 12.0 Å².